The lowest BCUT2D eigenvalue weighted by Gasteiger charge is -2.21. The second-order valence-corrected chi connectivity index (χ2v) is 8.19. The fourth-order valence-electron chi connectivity index (χ4n) is 1.69. The summed E-state index contributed by atoms with van der Waals surface area (Å²) in [4.78, 5) is 4.30. The first kappa shape index (κ1) is 16.6. The summed E-state index contributed by atoms with van der Waals surface area (Å²) < 4.78 is 26.0. The maximum atomic E-state index is 12.3. The zero-order valence-electron chi connectivity index (χ0n) is 12.0. The Labute approximate surface area is 120 Å². The smallest absolute Gasteiger partial charge is 0.218 e. The molecule has 110 valence electrons. The predicted octanol–water partition coefficient (Wildman–Crippen LogP) is 1.60. The quantitative estimate of drug-likeness (QED) is 0.741. The maximum Gasteiger partial charge on any atom is 0.218 e. The van der Waals surface area contributed by atoms with Gasteiger partial charge in [-0.15, -0.1) is 11.3 Å². The standard InChI is InChI=1S/C12H23N3O2S2/c1-5-6-13-7-10(2)19(16,17)15(4)8-12-9-18-11(3)14-12/h9-10,13H,5-8H2,1-4H3. The van der Waals surface area contributed by atoms with Crippen LogP contribution in [0.2, 0.25) is 0 Å². The molecule has 0 aliphatic rings. The molecule has 0 saturated heterocycles. The van der Waals surface area contributed by atoms with Crippen molar-refractivity contribution in [3.63, 3.8) is 0 Å². The maximum absolute atomic E-state index is 12.3. The fourth-order valence-corrected chi connectivity index (χ4v) is 3.55. The zero-order valence-corrected chi connectivity index (χ0v) is 13.6. The van der Waals surface area contributed by atoms with Crippen molar-refractivity contribution in [1.82, 2.24) is 14.6 Å². The van der Waals surface area contributed by atoms with Crippen molar-refractivity contribution in [1.29, 1.82) is 0 Å². The first-order valence-corrected chi connectivity index (χ1v) is 8.83. The number of aryl methyl sites for hydroxylation is 1. The Morgan fingerprint density at radius 2 is 2.21 bits per heavy atom. The number of rotatable bonds is 8. The van der Waals surface area contributed by atoms with Gasteiger partial charge in [-0.1, -0.05) is 6.92 Å². The molecule has 0 bridgehead atoms. The Morgan fingerprint density at radius 3 is 2.74 bits per heavy atom. The van der Waals surface area contributed by atoms with E-state index in [2.05, 4.69) is 17.2 Å². The number of aromatic nitrogens is 1. The molecular weight excluding hydrogens is 282 g/mol. The lowest BCUT2D eigenvalue weighted by atomic mass is 10.4. The summed E-state index contributed by atoms with van der Waals surface area (Å²) in [6.07, 6.45) is 1.00. The van der Waals surface area contributed by atoms with Crippen molar-refractivity contribution >= 4 is 21.4 Å². The lowest BCUT2D eigenvalue weighted by Crippen LogP contribution is -2.40. The van der Waals surface area contributed by atoms with Crippen molar-refractivity contribution in [3.05, 3.63) is 16.1 Å². The van der Waals surface area contributed by atoms with E-state index in [1.807, 2.05) is 12.3 Å². The van der Waals surface area contributed by atoms with Gasteiger partial charge in [-0.05, 0) is 26.8 Å². The summed E-state index contributed by atoms with van der Waals surface area (Å²) in [6, 6.07) is 0. The van der Waals surface area contributed by atoms with Crippen molar-refractivity contribution in [3.8, 4) is 0 Å². The van der Waals surface area contributed by atoms with E-state index < -0.39 is 15.3 Å². The topological polar surface area (TPSA) is 62.3 Å². The highest BCUT2D eigenvalue weighted by Crippen LogP contribution is 2.14. The molecule has 1 aromatic rings. The molecule has 1 N–H and O–H groups in total. The average molecular weight is 305 g/mol. The van der Waals surface area contributed by atoms with E-state index in [1.165, 1.54) is 15.6 Å². The molecule has 0 fully saturated rings. The van der Waals surface area contributed by atoms with E-state index in [-0.39, 0.29) is 0 Å². The van der Waals surface area contributed by atoms with Crippen molar-refractivity contribution in [2.24, 2.45) is 0 Å². The third-order valence-corrected chi connectivity index (χ3v) is 5.86. The summed E-state index contributed by atoms with van der Waals surface area (Å²) in [7, 11) is -1.66. The first-order valence-electron chi connectivity index (χ1n) is 6.44. The Kier molecular flexibility index (Phi) is 6.38. The molecule has 0 amide bonds. The summed E-state index contributed by atoms with van der Waals surface area (Å²) in [5.74, 6) is 0. The van der Waals surface area contributed by atoms with Crippen LogP contribution in [0.3, 0.4) is 0 Å². The van der Waals surface area contributed by atoms with E-state index in [0.717, 1.165) is 23.7 Å². The molecule has 1 rings (SSSR count). The van der Waals surface area contributed by atoms with Crippen molar-refractivity contribution in [2.45, 2.75) is 39.0 Å². The van der Waals surface area contributed by atoms with Gasteiger partial charge >= 0.3 is 0 Å². The number of hydrogen-bond donors (Lipinski definition) is 1. The molecule has 1 atom stereocenters. The molecule has 0 aromatic carbocycles. The van der Waals surface area contributed by atoms with Gasteiger partial charge in [0.05, 0.1) is 22.5 Å². The second-order valence-electron chi connectivity index (χ2n) is 4.67. The molecule has 1 unspecified atom stereocenters. The fraction of sp³-hybridized carbons (Fsp3) is 0.750. The van der Waals surface area contributed by atoms with Crippen molar-refractivity contribution in [2.75, 3.05) is 20.1 Å². The van der Waals surface area contributed by atoms with Gasteiger partial charge in [0.15, 0.2) is 0 Å². The van der Waals surface area contributed by atoms with Gasteiger partial charge in [-0.25, -0.2) is 13.4 Å². The van der Waals surface area contributed by atoms with Gasteiger partial charge in [0.2, 0.25) is 10.0 Å². The SMILES string of the molecule is CCCNCC(C)S(=O)(=O)N(C)Cc1csc(C)n1. The average Bonchev–Trinajstić information content (AvgIpc) is 2.74. The van der Waals surface area contributed by atoms with Gasteiger partial charge in [0.1, 0.15) is 0 Å². The summed E-state index contributed by atoms with van der Waals surface area (Å²) in [5, 5.41) is 5.58. The van der Waals surface area contributed by atoms with Crippen LogP contribution < -0.4 is 5.32 Å². The minimum Gasteiger partial charge on any atom is -0.315 e. The third kappa shape index (κ3) is 4.83. The minimum absolute atomic E-state index is 0.338. The highest BCUT2D eigenvalue weighted by molar-refractivity contribution is 7.89. The molecule has 7 heteroatoms. The van der Waals surface area contributed by atoms with Gasteiger partial charge in [-0.2, -0.15) is 4.31 Å². The molecule has 0 radical (unpaired) electrons. The largest absolute Gasteiger partial charge is 0.315 e. The molecule has 1 heterocycles. The Hall–Kier alpha value is -0.500. The van der Waals surface area contributed by atoms with Crippen LogP contribution in [0.25, 0.3) is 0 Å². The molecular formula is C12H23N3O2S2. The van der Waals surface area contributed by atoms with E-state index in [9.17, 15) is 8.42 Å². The van der Waals surface area contributed by atoms with Gasteiger partial charge in [-0.3, -0.25) is 0 Å². The minimum atomic E-state index is -3.27. The zero-order chi connectivity index (χ0) is 14.5. The van der Waals surface area contributed by atoms with Crippen LogP contribution in [0.15, 0.2) is 5.38 Å². The molecule has 19 heavy (non-hydrogen) atoms. The van der Waals surface area contributed by atoms with Crippen LogP contribution in [-0.2, 0) is 16.6 Å². The highest BCUT2D eigenvalue weighted by atomic mass is 32.2. The number of sulfonamides is 1. The summed E-state index contributed by atoms with van der Waals surface area (Å²) in [6.45, 7) is 7.37. The monoisotopic (exact) mass is 305 g/mol. The molecule has 0 saturated carbocycles. The molecule has 0 aliphatic carbocycles. The van der Waals surface area contributed by atoms with Gasteiger partial charge in [0.25, 0.3) is 0 Å². The van der Waals surface area contributed by atoms with Crippen LogP contribution in [0.4, 0.5) is 0 Å². The van der Waals surface area contributed by atoms with Crippen LogP contribution >= 0.6 is 11.3 Å². The summed E-state index contributed by atoms with van der Waals surface area (Å²) >= 11 is 1.54. The number of thiazole rings is 1. The highest BCUT2D eigenvalue weighted by Gasteiger charge is 2.26. The van der Waals surface area contributed by atoms with Crippen LogP contribution in [0.1, 0.15) is 31.0 Å². The normalized spacial score (nSPS) is 13.9. The van der Waals surface area contributed by atoms with E-state index in [1.54, 1.807) is 14.0 Å². The van der Waals surface area contributed by atoms with Crippen molar-refractivity contribution < 1.29 is 8.42 Å². The number of hydrogen-bond acceptors (Lipinski definition) is 5. The van der Waals surface area contributed by atoms with E-state index in [0.29, 0.717) is 13.1 Å². The van der Waals surface area contributed by atoms with E-state index in [4.69, 9.17) is 0 Å². The molecule has 0 spiro atoms. The van der Waals surface area contributed by atoms with Crippen LogP contribution in [0, 0.1) is 6.92 Å². The van der Waals surface area contributed by atoms with Gasteiger partial charge < -0.3 is 5.32 Å². The molecule has 1 aromatic heterocycles. The van der Waals surface area contributed by atoms with Crippen LogP contribution in [0.5, 0.6) is 0 Å². The summed E-state index contributed by atoms with van der Waals surface area (Å²) in [5.41, 5.74) is 0.808. The number of nitrogens with one attached hydrogen (secondary N) is 1. The predicted molar refractivity (Wildman–Crippen MR) is 79.9 cm³/mol. The molecule has 5 nitrogen and oxygen atoms in total. The first-order chi connectivity index (χ1) is 8.87. The van der Waals surface area contributed by atoms with Crippen LogP contribution in [-0.4, -0.2) is 43.1 Å². The second kappa shape index (κ2) is 7.33. The Balaban J connectivity index is 2.60. The van der Waals surface area contributed by atoms with Gasteiger partial charge in [0, 0.05) is 19.0 Å². The Morgan fingerprint density at radius 1 is 1.53 bits per heavy atom. The third-order valence-electron chi connectivity index (χ3n) is 2.85. The number of nitrogens with zero attached hydrogens (tertiary/aromatic N) is 2. The Bertz CT molecular complexity index is 485. The lowest BCUT2D eigenvalue weighted by molar-refractivity contribution is 0.450. The molecule has 0 aliphatic heterocycles. The van der Waals surface area contributed by atoms with E-state index >= 15 is 0 Å².